The molecular weight excluding hydrogens is 320 g/mol. The van der Waals surface area contributed by atoms with Crippen LogP contribution in [0.25, 0.3) is 0 Å². The molecule has 1 aromatic rings. The normalized spacial score (nSPS) is 26.1. The first-order chi connectivity index (χ1) is 11.0. The number of halogens is 3. The van der Waals surface area contributed by atoms with E-state index in [1.165, 1.54) is 6.07 Å². The van der Waals surface area contributed by atoms with Gasteiger partial charge in [0.1, 0.15) is 0 Å². The van der Waals surface area contributed by atoms with Crippen molar-refractivity contribution in [3.05, 3.63) is 29.3 Å². The van der Waals surface area contributed by atoms with Crippen molar-refractivity contribution < 1.29 is 27.2 Å². The standard InChI is InChI=1S/C17H22BF3O3/c1-15(2)16(3,4)24-18(23-15)14-8-12(11-5-6-22-10-11)7-13(9-14)17(19,20)21/h7-9,11H,5-6,10H2,1-4H3. The third-order valence-corrected chi connectivity index (χ3v) is 5.23. The molecule has 0 radical (unpaired) electrons. The Morgan fingerprint density at radius 3 is 2.17 bits per heavy atom. The molecular formula is C17H22BF3O3. The number of rotatable bonds is 2. The topological polar surface area (TPSA) is 27.7 Å². The van der Waals surface area contributed by atoms with Gasteiger partial charge in [0.05, 0.1) is 23.4 Å². The van der Waals surface area contributed by atoms with E-state index in [1.54, 1.807) is 6.07 Å². The van der Waals surface area contributed by atoms with E-state index in [0.717, 1.165) is 12.5 Å². The van der Waals surface area contributed by atoms with Gasteiger partial charge >= 0.3 is 13.3 Å². The van der Waals surface area contributed by atoms with Gasteiger partial charge in [-0.15, -0.1) is 0 Å². The van der Waals surface area contributed by atoms with Crippen LogP contribution in [-0.2, 0) is 20.2 Å². The number of alkyl halides is 3. The zero-order valence-electron chi connectivity index (χ0n) is 14.4. The Hall–Kier alpha value is -1.05. The van der Waals surface area contributed by atoms with E-state index in [0.29, 0.717) is 24.2 Å². The van der Waals surface area contributed by atoms with Crippen molar-refractivity contribution >= 4 is 12.6 Å². The lowest BCUT2D eigenvalue weighted by Crippen LogP contribution is -2.41. The van der Waals surface area contributed by atoms with Crippen LogP contribution in [0.4, 0.5) is 13.2 Å². The van der Waals surface area contributed by atoms with Crippen LogP contribution in [0.5, 0.6) is 0 Å². The van der Waals surface area contributed by atoms with Gasteiger partial charge in [-0.2, -0.15) is 13.2 Å². The van der Waals surface area contributed by atoms with Gasteiger partial charge < -0.3 is 14.0 Å². The zero-order valence-corrected chi connectivity index (χ0v) is 14.4. The minimum absolute atomic E-state index is 0.0199. The molecule has 0 aromatic heterocycles. The van der Waals surface area contributed by atoms with Crippen LogP contribution >= 0.6 is 0 Å². The summed E-state index contributed by atoms with van der Waals surface area (Å²) < 4.78 is 57.1. The molecule has 2 saturated heterocycles. The van der Waals surface area contributed by atoms with Gasteiger partial charge in [0.2, 0.25) is 0 Å². The summed E-state index contributed by atoms with van der Waals surface area (Å²) in [6, 6.07) is 4.10. The van der Waals surface area contributed by atoms with Gasteiger partial charge in [-0.3, -0.25) is 0 Å². The van der Waals surface area contributed by atoms with Crippen molar-refractivity contribution in [3.63, 3.8) is 0 Å². The average molecular weight is 342 g/mol. The first-order valence-corrected chi connectivity index (χ1v) is 8.15. The molecule has 0 amide bonds. The van der Waals surface area contributed by atoms with Crippen molar-refractivity contribution in [1.82, 2.24) is 0 Å². The van der Waals surface area contributed by atoms with E-state index >= 15 is 0 Å². The lowest BCUT2D eigenvalue weighted by Gasteiger charge is -2.32. The second-order valence-corrected chi connectivity index (χ2v) is 7.53. The van der Waals surface area contributed by atoms with Crippen LogP contribution in [-0.4, -0.2) is 31.5 Å². The van der Waals surface area contributed by atoms with E-state index in [2.05, 4.69) is 0 Å². The molecule has 0 saturated carbocycles. The highest BCUT2D eigenvalue weighted by Crippen LogP contribution is 2.38. The monoisotopic (exact) mass is 342 g/mol. The second kappa shape index (κ2) is 5.75. The van der Waals surface area contributed by atoms with Crippen molar-refractivity contribution in [3.8, 4) is 0 Å². The molecule has 2 heterocycles. The van der Waals surface area contributed by atoms with E-state index < -0.39 is 30.1 Å². The minimum Gasteiger partial charge on any atom is -0.399 e. The Balaban J connectivity index is 2.00. The highest BCUT2D eigenvalue weighted by atomic mass is 19.4. The van der Waals surface area contributed by atoms with Gasteiger partial charge in [0.25, 0.3) is 0 Å². The molecule has 3 rings (SSSR count). The Bertz CT molecular complexity index is 606. The summed E-state index contributed by atoms with van der Waals surface area (Å²) in [6.07, 6.45) is -3.68. The lowest BCUT2D eigenvalue weighted by molar-refractivity contribution is -0.137. The van der Waals surface area contributed by atoms with Crippen molar-refractivity contribution in [2.75, 3.05) is 13.2 Å². The van der Waals surface area contributed by atoms with E-state index in [1.807, 2.05) is 27.7 Å². The van der Waals surface area contributed by atoms with E-state index in [-0.39, 0.29) is 5.92 Å². The Kier molecular flexibility index (Phi) is 4.26. The fourth-order valence-corrected chi connectivity index (χ4v) is 2.99. The predicted octanol–water partition coefficient (Wildman–Crippen LogP) is 3.51. The molecule has 1 unspecified atom stereocenters. The summed E-state index contributed by atoms with van der Waals surface area (Å²) >= 11 is 0. The lowest BCUT2D eigenvalue weighted by atomic mass is 9.76. The molecule has 1 aromatic carbocycles. The summed E-state index contributed by atoms with van der Waals surface area (Å²) in [5.41, 5.74) is -0.820. The predicted molar refractivity (Wildman–Crippen MR) is 85.3 cm³/mol. The maximum Gasteiger partial charge on any atom is 0.494 e. The molecule has 2 aliphatic rings. The average Bonchev–Trinajstić information content (AvgIpc) is 3.04. The first kappa shape index (κ1) is 17.8. The maximum atomic E-state index is 13.3. The molecule has 24 heavy (non-hydrogen) atoms. The van der Waals surface area contributed by atoms with Crippen molar-refractivity contribution in [2.24, 2.45) is 0 Å². The van der Waals surface area contributed by atoms with Gasteiger partial charge in [-0.05, 0) is 51.2 Å². The second-order valence-electron chi connectivity index (χ2n) is 7.53. The highest BCUT2D eigenvalue weighted by Gasteiger charge is 2.52. The fourth-order valence-electron chi connectivity index (χ4n) is 2.99. The number of hydrogen-bond donors (Lipinski definition) is 0. The molecule has 2 aliphatic heterocycles. The molecule has 0 spiro atoms. The van der Waals surface area contributed by atoms with Crippen LogP contribution in [0.1, 0.15) is 51.2 Å². The molecule has 1 atom stereocenters. The summed E-state index contributed by atoms with van der Waals surface area (Å²) in [5, 5.41) is 0. The van der Waals surface area contributed by atoms with Gasteiger partial charge in [0, 0.05) is 12.5 Å². The molecule has 7 heteroatoms. The SMILES string of the molecule is CC1(C)OB(c2cc(C3CCOC3)cc(C(F)(F)F)c2)OC1(C)C. The third kappa shape index (κ3) is 3.21. The largest absolute Gasteiger partial charge is 0.494 e. The Morgan fingerprint density at radius 1 is 1.04 bits per heavy atom. The number of hydrogen-bond acceptors (Lipinski definition) is 3. The third-order valence-electron chi connectivity index (χ3n) is 5.23. The first-order valence-electron chi connectivity index (χ1n) is 8.15. The van der Waals surface area contributed by atoms with Crippen LogP contribution < -0.4 is 5.46 Å². The Morgan fingerprint density at radius 2 is 1.67 bits per heavy atom. The van der Waals surface area contributed by atoms with Gasteiger partial charge in [0.15, 0.2) is 0 Å². The summed E-state index contributed by atoms with van der Waals surface area (Å²) in [4.78, 5) is 0. The van der Waals surface area contributed by atoms with Crippen LogP contribution in [0.3, 0.4) is 0 Å². The van der Waals surface area contributed by atoms with Crippen LogP contribution in [0.2, 0.25) is 0 Å². The quantitative estimate of drug-likeness (QED) is 0.770. The molecule has 0 N–H and O–H groups in total. The summed E-state index contributed by atoms with van der Waals surface area (Å²) in [6.45, 7) is 8.55. The van der Waals surface area contributed by atoms with E-state index in [4.69, 9.17) is 14.0 Å². The molecule has 2 fully saturated rings. The molecule has 132 valence electrons. The number of ether oxygens (including phenoxy) is 1. The highest BCUT2D eigenvalue weighted by molar-refractivity contribution is 6.62. The van der Waals surface area contributed by atoms with Crippen LogP contribution in [0.15, 0.2) is 18.2 Å². The number of benzene rings is 1. The fraction of sp³-hybridized carbons (Fsp3) is 0.647. The maximum absolute atomic E-state index is 13.3. The van der Waals surface area contributed by atoms with Crippen molar-refractivity contribution in [1.29, 1.82) is 0 Å². The smallest absolute Gasteiger partial charge is 0.399 e. The molecule has 0 bridgehead atoms. The zero-order chi connectivity index (χ0) is 17.8. The summed E-state index contributed by atoms with van der Waals surface area (Å²) in [7, 11) is -0.807. The summed E-state index contributed by atoms with van der Waals surface area (Å²) in [5.74, 6) is -0.0199. The Labute approximate surface area is 140 Å². The van der Waals surface area contributed by atoms with Crippen LogP contribution in [0, 0.1) is 0 Å². The molecule has 3 nitrogen and oxygen atoms in total. The minimum atomic E-state index is -4.41. The van der Waals surface area contributed by atoms with Gasteiger partial charge in [-0.25, -0.2) is 0 Å². The van der Waals surface area contributed by atoms with Crippen molar-refractivity contribution in [2.45, 2.75) is 57.4 Å². The van der Waals surface area contributed by atoms with Gasteiger partial charge in [-0.1, -0.05) is 12.1 Å². The van der Waals surface area contributed by atoms with E-state index in [9.17, 15) is 13.2 Å². The molecule has 0 aliphatic carbocycles.